The molecule has 0 aliphatic carbocycles. The molecule has 0 saturated carbocycles. The largest absolute Gasteiger partial charge is 0.469 e. The van der Waals surface area contributed by atoms with Crippen LogP contribution in [0.15, 0.2) is 34.9 Å². The van der Waals surface area contributed by atoms with Crippen molar-refractivity contribution in [1.82, 2.24) is 5.16 Å². The number of hydrogen-bond acceptors (Lipinski definition) is 5. The number of nitrogens with zero attached hydrogens (tertiary/aromatic N) is 1. The van der Waals surface area contributed by atoms with Crippen molar-refractivity contribution in [2.45, 2.75) is 19.3 Å². The number of benzene rings is 1. The molecule has 6 heteroatoms. The number of carbonyl (C=O) groups is 1. The van der Waals surface area contributed by atoms with Crippen molar-refractivity contribution in [2.24, 2.45) is 5.41 Å². The lowest BCUT2D eigenvalue weighted by atomic mass is 9.76. The Morgan fingerprint density at radius 1 is 1.30 bits per heavy atom. The Kier molecular flexibility index (Phi) is 4.43. The summed E-state index contributed by atoms with van der Waals surface area (Å²) < 4.78 is 28.7. The molecule has 0 bridgehead atoms. The molecule has 1 aliphatic heterocycles. The Labute approximate surface area is 133 Å². The van der Waals surface area contributed by atoms with Crippen molar-refractivity contribution in [3.63, 3.8) is 0 Å². The van der Waals surface area contributed by atoms with Gasteiger partial charge in [0.25, 0.3) is 0 Å². The van der Waals surface area contributed by atoms with Crippen molar-refractivity contribution in [3.05, 3.63) is 41.9 Å². The zero-order valence-corrected chi connectivity index (χ0v) is 12.9. The van der Waals surface area contributed by atoms with Gasteiger partial charge in [-0.2, -0.15) is 0 Å². The van der Waals surface area contributed by atoms with E-state index < -0.39 is 5.41 Å². The molecular formula is C17H18FNO4. The number of carbonyl (C=O) groups excluding carboxylic acids is 1. The molecule has 5 nitrogen and oxygen atoms in total. The topological polar surface area (TPSA) is 61.6 Å². The lowest BCUT2D eigenvalue weighted by molar-refractivity contribution is -0.159. The van der Waals surface area contributed by atoms with Gasteiger partial charge in [0.1, 0.15) is 17.3 Å². The molecule has 122 valence electrons. The summed E-state index contributed by atoms with van der Waals surface area (Å²) in [6.45, 7) is 1.04. The van der Waals surface area contributed by atoms with E-state index in [2.05, 4.69) is 5.16 Å². The van der Waals surface area contributed by atoms with E-state index in [1.165, 1.54) is 19.2 Å². The molecule has 0 N–H and O–H groups in total. The van der Waals surface area contributed by atoms with Crippen LogP contribution in [0.3, 0.4) is 0 Å². The van der Waals surface area contributed by atoms with Crippen LogP contribution in [0.2, 0.25) is 0 Å². The van der Waals surface area contributed by atoms with E-state index in [4.69, 9.17) is 14.0 Å². The maximum atomic E-state index is 13.0. The molecular weight excluding hydrogens is 301 g/mol. The number of methoxy groups -OCH3 is 1. The van der Waals surface area contributed by atoms with E-state index in [9.17, 15) is 9.18 Å². The summed E-state index contributed by atoms with van der Waals surface area (Å²) in [4.78, 5) is 12.2. The van der Waals surface area contributed by atoms with E-state index in [0.717, 1.165) is 5.56 Å². The van der Waals surface area contributed by atoms with Gasteiger partial charge < -0.3 is 14.0 Å². The van der Waals surface area contributed by atoms with Gasteiger partial charge in [0, 0.05) is 31.3 Å². The summed E-state index contributed by atoms with van der Waals surface area (Å²) in [5.74, 6) is 0.0569. The Hall–Kier alpha value is -2.21. The first-order chi connectivity index (χ1) is 11.1. The van der Waals surface area contributed by atoms with Gasteiger partial charge in [0.15, 0.2) is 0 Å². The van der Waals surface area contributed by atoms with Crippen LogP contribution in [0.5, 0.6) is 0 Å². The van der Waals surface area contributed by atoms with E-state index in [1.807, 2.05) is 0 Å². The zero-order valence-electron chi connectivity index (χ0n) is 12.9. The third-order valence-electron chi connectivity index (χ3n) is 4.28. The van der Waals surface area contributed by atoms with E-state index in [1.54, 1.807) is 18.2 Å². The highest BCUT2D eigenvalue weighted by Crippen LogP contribution is 2.36. The molecule has 0 amide bonds. The zero-order chi connectivity index (χ0) is 16.3. The normalized spacial score (nSPS) is 17.0. The molecule has 1 fully saturated rings. The molecule has 23 heavy (non-hydrogen) atoms. The molecule has 1 aliphatic rings. The molecule has 0 atom stereocenters. The van der Waals surface area contributed by atoms with Gasteiger partial charge >= 0.3 is 5.97 Å². The predicted molar refractivity (Wildman–Crippen MR) is 80.1 cm³/mol. The summed E-state index contributed by atoms with van der Waals surface area (Å²) >= 11 is 0. The molecule has 1 aromatic heterocycles. The van der Waals surface area contributed by atoms with Crippen molar-refractivity contribution in [2.75, 3.05) is 20.3 Å². The highest BCUT2D eigenvalue weighted by atomic mass is 19.1. The van der Waals surface area contributed by atoms with Gasteiger partial charge in [0.05, 0.1) is 12.5 Å². The molecule has 2 aromatic rings. The Morgan fingerprint density at radius 3 is 2.65 bits per heavy atom. The maximum absolute atomic E-state index is 13.0. The minimum absolute atomic E-state index is 0.250. The average Bonchev–Trinajstić information content (AvgIpc) is 3.04. The van der Waals surface area contributed by atoms with Crippen LogP contribution in [0.4, 0.5) is 4.39 Å². The minimum Gasteiger partial charge on any atom is -0.469 e. The SMILES string of the molecule is COC(=O)C1(Cc2cc(-c3ccc(F)cc3)no2)CCOCC1. The quantitative estimate of drug-likeness (QED) is 0.811. The molecule has 0 radical (unpaired) electrons. The van der Waals surface area contributed by atoms with Crippen LogP contribution >= 0.6 is 0 Å². The monoisotopic (exact) mass is 319 g/mol. The van der Waals surface area contributed by atoms with Gasteiger partial charge in [-0.15, -0.1) is 0 Å². The average molecular weight is 319 g/mol. The van der Waals surface area contributed by atoms with E-state index in [0.29, 0.717) is 43.9 Å². The summed E-state index contributed by atoms with van der Waals surface area (Å²) in [5.41, 5.74) is 0.750. The fraction of sp³-hybridized carbons (Fsp3) is 0.412. The third kappa shape index (κ3) is 3.27. The standard InChI is InChI=1S/C17H18FNO4/c1-21-16(20)17(6-8-22-9-7-17)11-14-10-15(19-23-14)12-2-4-13(18)5-3-12/h2-5,10H,6-9,11H2,1H3. The minimum atomic E-state index is -0.632. The number of ether oxygens (including phenoxy) is 2. The van der Waals surface area contributed by atoms with Crippen LogP contribution in [0, 0.1) is 11.2 Å². The second-order valence-corrected chi connectivity index (χ2v) is 5.75. The van der Waals surface area contributed by atoms with Crippen LogP contribution in [0.25, 0.3) is 11.3 Å². The molecule has 2 heterocycles. The highest BCUT2D eigenvalue weighted by Gasteiger charge is 2.42. The van der Waals surface area contributed by atoms with Gasteiger partial charge in [-0.25, -0.2) is 4.39 Å². The van der Waals surface area contributed by atoms with Gasteiger partial charge in [0.2, 0.25) is 0 Å². The van der Waals surface area contributed by atoms with E-state index in [-0.39, 0.29) is 11.8 Å². The second kappa shape index (κ2) is 6.50. The summed E-state index contributed by atoms with van der Waals surface area (Å²) in [5, 5.41) is 4.02. The van der Waals surface area contributed by atoms with Gasteiger partial charge in [-0.05, 0) is 37.1 Å². The summed E-state index contributed by atoms with van der Waals surface area (Å²) in [6, 6.07) is 7.81. The van der Waals surface area contributed by atoms with Gasteiger partial charge in [-0.3, -0.25) is 4.79 Å². The number of aromatic nitrogens is 1. The van der Waals surface area contributed by atoms with Crippen molar-refractivity contribution in [1.29, 1.82) is 0 Å². The van der Waals surface area contributed by atoms with E-state index >= 15 is 0 Å². The first-order valence-electron chi connectivity index (χ1n) is 7.51. The number of esters is 1. The fourth-order valence-corrected chi connectivity index (χ4v) is 2.92. The Balaban J connectivity index is 1.81. The Bertz CT molecular complexity index is 674. The molecule has 0 unspecified atom stereocenters. The summed E-state index contributed by atoms with van der Waals surface area (Å²) in [7, 11) is 1.39. The summed E-state index contributed by atoms with van der Waals surface area (Å²) in [6.07, 6.45) is 1.59. The number of hydrogen-bond donors (Lipinski definition) is 0. The lowest BCUT2D eigenvalue weighted by Crippen LogP contribution is -2.40. The first kappa shape index (κ1) is 15.7. The van der Waals surface area contributed by atoms with Crippen LogP contribution in [-0.2, 0) is 20.7 Å². The van der Waals surface area contributed by atoms with Gasteiger partial charge in [-0.1, -0.05) is 5.16 Å². The molecule has 0 spiro atoms. The fourth-order valence-electron chi connectivity index (χ4n) is 2.92. The Morgan fingerprint density at radius 2 is 2.00 bits per heavy atom. The third-order valence-corrected chi connectivity index (χ3v) is 4.28. The molecule has 1 aromatic carbocycles. The van der Waals surface area contributed by atoms with Crippen LogP contribution in [0.1, 0.15) is 18.6 Å². The maximum Gasteiger partial charge on any atom is 0.312 e. The molecule has 1 saturated heterocycles. The van der Waals surface area contributed by atoms with Crippen molar-refractivity contribution in [3.8, 4) is 11.3 Å². The van der Waals surface area contributed by atoms with Crippen LogP contribution < -0.4 is 0 Å². The van der Waals surface area contributed by atoms with Crippen LogP contribution in [-0.4, -0.2) is 31.4 Å². The predicted octanol–water partition coefficient (Wildman–Crippen LogP) is 2.99. The van der Waals surface area contributed by atoms with Crippen molar-refractivity contribution >= 4 is 5.97 Å². The lowest BCUT2D eigenvalue weighted by Gasteiger charge is -2.33. The van der Waals surface area contributed by atoms with Crippen molar-refractivity contribution < 1.29 is 23.2 Å². The highest BCUT2D eigenvalue weighted by molar-refractivity contribution is 5.77. The smallest absolute Gasteiger partial charge is 0.312 e. The molecule has 3 rings (SSSR count). The second-order valence-electron chi connectivity index (χ2n) is 5.75. The number of halogens is 1. The number of rotatable bonds is 4. The first-order valence-corrected chi connectivity index (χ1v) is 7.51.